The van der Waals surface area contributed by atoms with Gasteiger partial charge in [0.05, 0.1) is 0 Å². The summed E-state index contributed by atoms with van der Waals surface area (Å²) in [5, 5.41) is 3.30. The van der Waals surface area contributed by atoms with E-state index in [0.29, 0.717) is 17.4 Å². The van der Waals surface area contributed by atoms with Gasteiger partial charge < -0.3 is 11.1 Å². The summed E-state index contributed by atoms with van der Waals surface area (Å²) < 4.78 is 4.02. The minimum atomic E-state index is -0.0551. The standard InChI is InChI=1S/C13H16N4OS/c1-8(10-3-5-11(14)6-4-10)7-12(18)16-13-15-9(2)17-19-13/h3-6,8H,7,14H2,1-2H3,(H,15,16,17,18). The lowest BCUT2D eigenvalue weighted by Gasteiger charge is -2.11. The van der Waals surface area contributed by atoms with Crippen molar-refractivity contribution in [1.29, 1.82) is 0 Å². The van der Waals surface area contributed by atoms with Gasteiger partial charge in [-0.3, -0.25) is 4.79 Å². The van der Waals surface area contributed by atoms with Crippen molar-refractivity contribution in [3.05, 3.63) is 35.7 Å². The van der Waals surface area contributed by atoms with Crippen molar-refractivity contribution >= 4 is 28.3 Å². The molecule has 1 amide bonds. The summed E-state index contributed by atoms with van der Waals surface area (Å²) >= 11 is 1.19. The molecule has 0 saturated carbocycles. The van der Waals surface area contributed by atoms with E-state index < -0.39 is 0 Å². The van der Waals surface area contributed by atoms with Gasteiger partial charge in [-0.15, -0.1) is 0 Å². The van der Waals surface area contributed by atoms with Crippen LogP contribution in [-0.2, 0) is 4.79 Å². The molecule has 19 heavy (non-hydrogen) atoms. The van der Waals surface area contributed by atoms with E-state index in [1.165, 1.54) is 11.5 Å². The molecule has 0 fully saturated rings. The van der Waals surface area contributed by atoms with E-state index in [9.17, 15) is 4.79 Å². The van der Waals surface area contributed by atoms with Crippen LogP contribution in [-0.4, -0.2) is 15.3 Å². The molecule has 0 bridgehead atoms. The van der Waals surface area contributed by atoms with E-state index in [-0.39, 0.29) is 11.8 Å². The first-order valence-corrected chi connectivity index (χ1v) is 6.77. The maximum atomic E-state index is 11.9. The molecule has 0 spiro atoms. The molecule has 0 radical (unpaired) electrons. The monoisotopic (exact) mass is 276 g/mol. The molecule has 0 aliphatic carbocycles. The first kappa shape index (κ1) is 13.5. The molecule has 0 aliphatic heterocycles. The number of aromatic nitrogens is 2. The van der Waals surface area contributed by atoms with Gasteiger partial charge in [0.2, 0.25) is 11.0 Å². The van der Waals surface area contributed by atoms with Crippen LogP contribution in [0.5, 0.6) is 0 Å². The molecule has 6 heteroatoms. The third-order valence-electron chi connectivity index (χ3n) is 2.77. The first-order valence-electron chi connectivity index (χ1n) is 6.00. The second-order valence-corrected chi connectivity index (χ2v) is 5.22. The van der Waals surface area contributed by atoms with Crippen molar-refractivity contribution in [2.75, 3.05) is 11.1 Å². The molecule has 5 nitrogen and oxygen atoms in total. The van der Waals surface area contributed by atoms with Gasteiger partial charge in [-0.05, 0) is 30.5 Å². The number of nitrogens with zero attached hydrogens (tertiary/aromatic N) is 2. The van der Waals surface area contributed by atoms with Crippen LogP contribution in [0.3, 0.4) is 0 Å². The maximum absolute atomic E-state index is 11.9. The number of benzene rings is 1. The van der Waals surface area contributed by atoms with Crippen molar-refractivity contribution in [2.24, 2.45) is 0 Å². The molecule has 1 unspecified atom stereocenters. The van der Waals surface area contributed by atoms with Gasteiger partial charge in [-0.25, -0.2) is 4.98 Å². The number of nitrogens with one attached hydrogen (secondary N) is 1. The Labute approximate surface area is 116 Å². The summed E-state index contributed by atoms with van der Waals surface area (Å²) in [5.41, 5.74) is 7.46. The van der Waals surface area contributed by atoms with Gasteiger partial charge in [0.15, 0.2) is 0 Å². The number of hydrogen-bond acceptors (Lipinski definition) is 5. The highest BCUT2D eigenvalue weighted by atomic mass is 32.1. The highest BCUT2D eigenvalue weighted by molar-refractivity contribution is 7.09. The Morgan fingerprint density at radius 2 is 2.11 bits per heavy atom. The van der Waals surface area contributed by atoms with Gasteiger partial charge >= 0.3 is 0 Å². The molecule has 2 rings (SSSR count). The Morgan fingerprint density at radius 1 is 1.42 bits per heavy atom. The van der Waals surface area contributed by atoms with Gasteiger partial charge in [0.1, 0.15) is 5.82 Å². The summed E-state index contributed by atoms with van der Waals surface area (Å²) in [6, 6.07) is 7.58. The molecule has 1 aromatic heterocycles. The van der Waals surface area contributed by atoms with E-state index >= 15 is 0 Å². The van der Waals surface area contributed by atoms with Crippen molar-refractivity contribution in [1.82, 2.24) is 9.36 Å². The smallest absolute Gasteiger partial charge is 0.226 e. The third-order valence-corrected chi connectivity index (χ3v) is 3.49. The van der Waals surface area contributed by atoms with Crippen molar-refractivity contribution in [3.8, 4) is 0 Å². The number of amides is 1. The van der Waals surface area contributed by atoms with Crippen molar-refractivity contribution in [2.45, 2.75) is 26.2 Å². The highest BCUT2D eigenvalue weighted by Gasteiger charge is 2.12. The zero-order valence-electron chi connectivity index (χ0n) is 10.9. The second-order valence-electron chi connectivity index (χ2n) is 4.47. The minimum Gasteiger partial charge on any atom is -0.399 e. The Hall–Kier alpha value is -1.95. The number of carbonyl (C=O) groups is 1. The molecule has 3 N–H and O–H groups in total. The Bertz CT molecular complexity index is 564. The molecule has 100 valence electrons. The molecule has 2 aromatic rings. The largest absolute Gasteiger partial charge is 0.399 e. The summed E-state index contributed by atoms with van der Waals surface area (Å²) in [6.45, 7) is 3.81. The predicted octanol–water partition coefficient (Wildman–Crippen LogP) is 2.56. The Morgan fingerprint density at radius 3 is 2.68 bits per heavy atom. The van der Waals surface area contributed by atoms with Crippen LogP contribution in [0.25, 0.3) is 0 Å². The zero-order chi connectivity index (χ0) is 13.8. The van der Waals surface area contributed by atoms with E-state index in [2.05, 4.69) is 14.7 Å². The van der Waals surface area contributed by atoms with Crippen LogP contribution in [0.4, 0.5) is 10.8 Å². The van der Waals surface area contributed by atoms with Gasteiger partial charge in [-0.2, -0.15) is 4.37 Å². The van der Waals surface area contributed by atoms with E-state index in [1.807, 2.05) is 31.2 Å². The summed E-state index contributed by atoms with van der Waals surface area (Å²) in [5.74, 6) is 0.752. The average molecular weight is 276 g/mol. The van der Waals surface area contributed by atoms with Crippen molar-refractivity contribution < 1.29 is 4.79 Å². The quantitative estimate of drug-likeness (QED) is 0.841. The lowest BCUT2D eigenvalue weighted by molar-refractivity contribution is -0.116. The van der Waals surface area contributed by atoms with E-state index in [1.54, 1.807) is 6.92 Å². The SMILES string of the molecule is Cc1nsc(NC(=O)CC(C)c2ccc(N)cc2)n1. The third kappa shape index (κ3) is 3.75. The van der Waals surface area contributed by atoms with Gasteiger partial charge in [0.25, 0.3) is 0 Å². The molecular formula is C13H16N4OS. The lowest BCUT2D eigenvalue weighted by atomic mass is 9.97. The fraction of sp³-hybridized carbons (Fsp3) is 0.308. The second kappa shape index (κ2) is 5.79. The van der Waals surface area contributed by atoms with Crippen LogP contribution in [0, 0.1) is 6.92 Å². The lowest BCUT2D eigenvalue weighted by Crippen LogP contribution is -2.14. The van der Waals surface area contributed by atoms with Crippen LogP contribution in [0.15, 0.2) is 24.3 Å². The van der Waals surface area contributed by atoms with E-state index in [4.69, 9.17) is 5.73 Å². The molecule has 0 saturated heterocycles. The number of hydrogen-bond donors (Lipinski definition) is 2. The van der Waals surface area contributed by atoms with Crippen molar-refractivity contribution in [3.63, 3.8) is 0 Å². The fourth-order valence-electron chi connectivity index (χ4n) is 1.74. The first-order chi connectivity index (χ1) is 9.04. The van der Waals surface area contributed by atoms with Crippen LogP contribution < -0.4 is 11.1 Å². The molecule has 0 aliphatic rings. The number of carbonyl (C=O) groups excluding carboxylic acids is 1. The number of nitrogens with two attached hydrogens (primary N) is 1. The number of rotatable bonds is 4. The zero-order valence-corrected chi connectivity index (χ0v) is 11.7. The van der Waals surface area contributed by atoms with Crippen LogP contribution in [0.2, 0.25) is 0 Å². The molecule has 1 aromatic carbocycles. The predicted molar refractivity (Wildman–Crippen MR) is 77.2 cm³/mol. The van der Waals surface area contributed by atoms with Gasteiger partial charge in [-0.1, -0.05) is 19.1 Å². The van der Waals surface area contributed by atoms with Crippen LogP contribution >= 0.6 is 11.5 Å². The highest BCUT2D eigenvalue weighted by Crippen LogP contribution is 2.21. The molecule has 1 heterocycles. The number of aryl methyl sites for hydroxylation is 1. The number of nitrogen functional groups attached to an aromatic ring is 1. The molecular weight excluding hydrogens is 260 g/mol. The maximum Gasteiger partial charge on any atom is 0.226 e. The Balaban J connectivity index is 1.93. The topological polar surface area (TPSA) is 80.9 Å². The van der Waals surface area contributed by atoms with Crippen LogP contribution in [0.1, 0.15) is 30.7 Å². The summed E-state index contributed by atoms with van der Waals surface area (Å²) in [6.07, 6.45) is 0.405. The summed E-state index contributed by atoms with van der Waals surface area (Å²) in [7, 11) is 0. The fourth-order valence-corrected chi connectivity index (χ4v) is 2.33. The minimum absolute atomic E-state index is 0.0551. The Kier molecular flexibility index (Phi) is 4.11. The number of anilines is 2. The molecule has 1 atom stereocenters. The average Bonchev–Trinajstić information content (AvgIpc) is 2.75. The van der Waals surface area contributed by atoms with Gasteiger partial charge in [0, 0.05) is 23.6 Å². The summed E-state index contributed by atoms with van der Waals surface area (Å²) in [4.78, 5) is 16.0. The normalized spacial score (nSPS) is 12.1. The van der Waals surface area contributed by atoms with E-state index in [0.717, 1.165) is 11.3 Å².